The summed E-state index contributed by atoms with van der Waals surface area (Å²) in [6.45, 7) is 3.79. The standard InChI is InChI=1S/C18H21N3O4/c1-3-17-21-13-10-12(6-7-15(13)25-17)20-18(23)19-11(2)9-14(22)16-5-4-8-24-16/h4-8,10-11,14,22H,3,9H2,1-2H3,(H2,19,20,23)/t11-,14+/m0/s1. The van der Waals surface area contributed by atoms with Gasteiger partial charge in [-0.3, -0.25) is 0 Å². The molecule has 0 spiro atoms. The van der Waals surface area contributed by atoms with Crippen molar-refractivity contribution >= 4 is 22.8 Å². The number of fused-ring (bicyclic) bond motifs is 1. The number of carbonyl (C=O) groups is 1. The van der Waals surface area contributed by atoms with Crippen LogP contribution >= 0.6 is 0 Å². The number of aryl methyl sites for hydroxylation is 1. The molecule has 0 aliphatic carbocycles. The second kappa shape index (κ2) is 7.40. The summed E-state index contributed by atoms with van der Waals surface area (Å²) in [4.78, 5) is 16.5. The normalized spacial score (nSPS) is 13.6. The monoisotopic (exact) mass is 343 g/mol. The number of furan rings is 1. The van der Waals surface area contributed by atoms with E-state index in [-0.39, 0.29) is 12.1 Å². The van der Waals surface area contributed by atoms with Crippen molar-refractivity contribution in [1.29, 1.82) is 0 Å². The Hall–Kier alpha value is -2.80. The van der Waals surface area contributed by atoms with Gasteiger partial charge in [-0.25, -0.2) is 9.78 Å². The highest BCUT2D eigenvalue weighted by molar-refractivity contribution is 5.91. The molecule has 2 aromatic heterocycles. The first-order valence-electron chi connectivity index (χ1n) is 8.23. The molecule has 7 nitrogen and oxygen atoms in total. The van der Waals surface area contributed by atoms with E-state index >= 15 is 0 Å². The summed E-state index contributed by atoms with van der Waals surface area (Å²) in [7, 11) is 0. The maximum Gasteiger partial charge on any atom is 0.319 e. The molecule has 2 heterocycles. The minimum absolute atomic E-state index is 0.234. The number of hydrogen-bond donors (Lipinski definition) is 3. The number of amides is 2. The summed E-state index contributed by atoms with van der Waals surface area (Å²) in [5, 5.41) is 15.6. The number of aliphatic hydroxyl groups is 1. The van der Waals surface area contributed by atoms with E-state index in [0.29, 0.717) is 41.3 Å². The van der Waals surface area contributed by atoms with E-state index in [1.807, 2.05) is 13.8 Å². The summed E-state index contributed by atoms with van der Waals surface area (Å²) in [5.41, 5.74) is 2.02. The smallest absolute Gasteiger partial charge is 0.319 e. The maximum absolute atomic E-state index is 12.1. The van der Waals surface area contributed by atoms with Crippen LogP contribution in [0.4, 0.5) is 10.5 Å². The molecule has 0 aliphatic rings. The van der Waals surface area contributed by atoms with Gasteiger partial charge in [-0.05, 0) is 37.3 Å². The topological polar surface area (TPSA) is 101 Å². The van der Waals surface area contributed by atoms with Crippen molar-refractivity contribution in [1.82, 2.24) is 10.3 Å². The van der Waals surface area contributed by atoms with Gasteiger partial charge in [-0.15, -0.1) is 0 Å². The number of carbonyl (C=O) groups excluding carboxylic acids is 1. The van der Waals surface area contributed by atoms with E-state index in [0.717, 1.165) is 0 Å². The molecule has 3 aromatic rings. The Bertz CT molecular complexity index is 841. The number of hydrogen-bond acceptors (Lipinski definition) is 5. The molecule has 0 saturated carbocycles. The second-order valence-electron chi connectivity index (χ2n) is 5.91. The fraction of sp³-hybridized carbons (Fsp3) is 0.333. The van der Waals surface area contributed by atoms with E-state index in [1.165, 1.54) is 6.26 Å². The first-order valence-corrected chi connectivity index (χ1v) is 8.23. The summed E-state index contributed by atoms with van der Waals surface area (Å²) < 4.78 is 10.7. The van der Waals surface area contributed by atoms with Crippen LogP contribution < -0.4 is 10.6 Å². The van der Waals surface area contributed by atoms with Crippen molar-refractivity contribution in [2.24, 2.45) is 0 Å². The predicted molar refractivity (Wildman–Crippen MR) is 93.3 cm³/mol. The van der Waals surface area contributed by atoms with E-state index in [9.17, 15) is 9.90 Å². The highest BCUT2D eigenvalue weighted by atomic mass is 16.4. The SMILES string of the molecule is CCc1nc2cc(NC(=O)N[C@@H](C)C[C@@H](O)c3ccco3)ccc2o1. The Labute approximate surface area is 145 Å². The fourth-order valence-electron chi connectivity index (χ4n) is 2.59. The van der Waals surface area contributed by atoms with Crippen molar-refractivity contribution in [3.63, 3.8) is 0 Å². The van der Waals surface area contributed by atoms with Gasteiger partial charge in [-0.1, -0.05) is 6.92 Å². The van der Waals surface area contributed by atoms with Crippen LogP contribution in [0.2, 0.25) is 0 Å². The van der Waals surface area contributed by atoms with Crippen LogP contribution in [0.25, 0.3) is 11.1 Å². The first kappa shape index (κ1) is 17.0. The number of rotatable bonds is 6. The molecular formula is C18H21N3O4. The highest BCUT2D eigenvalue weighted by Crippen LogP contribution is 2.21. The van der Waals surface area contributed by atoms with Gasteiger partial charge >= 0.3 is 6.03 Å². The van der Waals surface area contributed by atoms with E-state index < -0.39 is 6.10 Å². The van der Waals surface area contributed by atoms with Crippen LogP contribution in [0.3, 0.4) is 0 Å². The zero-order chi connectivity index (χ0) is 17.8. The number of benzene rings is 1. The van der Waals surface area contributed by atoms with Gasteiger partial charge in [0.25, 0.3) is 0 Å². The molecule has 0 fully saturated rings. The predicted octanol–water partition coefficient (Wildman–Crippen LogP) is 3.62. The lowest BCUT2D eigenvalue weighted by Gasteiger charge is -2.17. The van der Waals surface area contributed by atoms with Crippen molar-refractivity contribution in [3.05, 3.63) is 48.2 Å². The van der Waals surface area contributed by atoms with Crippen LogP contribution in [-0.4, -0.2) is 22.2 Å². The van der Waals surface area contributed by atoms with Crippen LogP contribution in [0.1, 0.15) is 38.0 Å². The molecule has 2 amide bonds. The van der Waals surface area contributed by atoms with Gasteiger partial charge < -0.3 is 24.6 Å². The Balaban J connectivity index is 1.56. The van der Waals surface area contributed by atoms with E-state index in [2.05, 4.69) is 15.6 Å². The summed E-state index contributed by atoms with van der Waals surface area (Å²) in [6.07, 6.45) is 1.81. The fourth-order valence-corrected chi connectivity index (χ4v) is 2.59. The third kappa shape index (κ3) is 4.19. The van der Waals surface area contributed by atoms with Crippen LogP contribution in [0, 0.1) is 0 Å². The number of oxazole rings is 1. The van der Waals surface area contributed by atoms with Gasteiger partial charge in [0.1, 0.15) is 17.4 Å². The average molecular weight is 343 g/mol. The average Bonchev–Trinajstić information content (AvgIpc) is 3.23. The molecular weight excluding hydrogens is 322 g/mol. The minimum Gasteiger partial charge on any atom is -0.467 e. The Morgan fingerprint density at radius 2 is 2.20 bits per heavy atom. The lowest BCUT2D eigenvalue weighted by atomic mass is 10.1. The summed E-state index contributed by atoms with van der Waals surface area (Å²) in [6, 6.07) is 8.14. The number of anilines is 1. The third-order valence-electron chi connectivity index (χ3n) is 3.82. The molecule has 7 heteroatoms. The summed E-state index contributed by atoms with van der Waals surface area (Å²) >= 11 is 0. The number of urea groups is 1. The van der Waals surface area contributed by atoms with Crippen molar-refractivity contribution in [2.45, 2.75) is 38.8 Å². The molecule has 1 aromatic carbocycles. The molecule has 0 unspecified atom stereocenters. The molecule has 0 saturated heterocycles. The molecule has 2 atom stereocenters. The molecule has 0 aliphatic heterocycles. The highest BCUT2D eigenvalue weighted by Gasteiger charge is 2.16. The first-order chi connectivity index (χ1) is 12.0. The molecule has 3 N–H and O–H groups in total. The molecule has 0 radical (unpaired) electrons. The zero-order valence-electron chi connectivity index (χ0n) is 14.2. The summed E-state index contributed by atoms with van der Waals surface area (Å²) in [5.74, 6) is 1.15. The van der Waals surface area contributed by atoms with Crippen molar-refractivity contribution < 1.29 is 18.7 Å². The lowest BCUT2D eigenvalue weighted by Crippen LogP contribution is -2.37. The van der Waals surface area contributed by atoms with Gasteiger partial charge in [0.05, 0.1) is 6.26 Å². The van der Waals surface area contributed by atoms with Gasteiger partial charge in [-0.2, -0.15) is 0 Å². The Morgan fingerprint density at radius 1 is 1.36 bits per heavy atom. The number of aromatic nitrogens is 1. The van der Waals surface area contributed by atoms with Crippen LogP contribution in [-0.2, 0) is 6.42 Å². The second-order valence-corrected chi connectivity index (χ2v) is 5.91. The van der Waals surface area contributed by atoms with Crippen LogP contribution in [0.5, 0.6) is 0 Å². The van der Waals surface area contributed by atoms with Gasteiger partial charge in [0.15, 0.2) is 11.5 Å². The van der Waals surface area contributed by atoms with Crippen molar-refractivity contribution in [2.75, 3.05) is 5.32 Å². The quantitative estimate of drug-likeness (QED) is 0.635. The van der Waals surface area contributed by atoms with Gasteiger partial charge in [0.2, 0.25) is 0 Å². The Kier molecular flexibility index (Phi) is 5.04. The number of nitrogens with zero attached hydrogens (tertiary/aromatic N) is 1. The largest absolute Gasteiger partial charge is 0.467 e. The van der Waals surface area contributed by atoms with Gasteiger partial charge in [0, 0.05) is 24.6 Å². The van der Waals surface area contributed by atoms with E-state index in [4.69, 9.17) is 8.83 Å². The maximum atomic E-state index is 12.1. The zero-order valence-corrected chi connectivity index (χ0v) is 14.2. The van der Waals surface area contributed by atoms with E-state index in [1.54, 1.807) is 30.3 Å². The lowest BCUT2D eigenvalue weighted by molar-refractivity contribution is 0.130. The Morgan fingerprint density at radius 3 is 2.92 bits per heavy atom. The number of nitrogens with one attached hydrogen (secondary N) is 2. The molecule has 25 heavy (non-hydrogen) atoms. The van der Waals surface area contributed by atoms with Crippen molar-refractivity contribution in [3.8, 4) is 0 Å². The number of aliphatic hydroxyl groups excluding tert-OH is 1. The third-order valence-corrected chi connectivity index (χ3v) is 3.82. The van der Waals surface area contributed by atoms with Crippen LogP contribution in [0.15, 0.2) is 45.4 Å². The molecule has 132 valence electrons. The molecule has 3 rings (SSSR count). The minimum atomic E-state index is -0.760. The molecule has 0 bridgehead atoms.